The number of phenolic OH excluding ortho intramolecular Hbond substituents is 1. The van der Waals surface area contributed by atoms with Gasteiger partial charge in [0.15, 0.2) is 0 Å². The molecule has 2 aromatic carbocycles. The van der Waals surface area contributed by atoms with Crippen LogP contribution in [0.5, 0.6) is 5.75 Å². The first-order chi connectivity index (χ1) is 9.22. The number of phenols is 1. The third kappa shape index (κ3) is 2.30. The van der Waals surface area contributed by atoms with E-state index in [4.69, 9.17) is 4.52 Å². The van der Waals surface area contributed by atoms with Crippen LogP contribution in [0.2, 0.25) is 0 Å². The van der Waals surface area contributed by atoms with Crippen molar-refractivity contribution in [3.8, 4) is 28.6 Å². The molecule has 0 aliphatic carbocycles. The minimum absolute atomic E-state index is 0.169. The van der Waals surface area contributed by atoms with Crippen LogP contribution in [-0.2, 0) is 0 Å². The number of benzene rings is 2. The Morgan fingerprint density at radius 2 is 1.53 bits per heavy atom. The van der Waals surface area contributed by atoms with Crippen molar-refractivity contribution in [2.75, 3.05) is 0 Å². The zero-order chi connectivity index (χ0) is 13.2. The smallest absolute Gasteiger partial charge is 0.258 e. The third-order valence-electron chi connectivity index (χ3n) is 2.64. The molecule has 0 fully saturated rings. The molecule has 1 N–H and O–H groups in total. The fourth-order valence-electron chi connectivity index (χ4n) is 1.66. The number of rotatable bonds is 2. The number of aromatic hydroxyl groups is 1. The Morgan fingerprint density at radius 1 is 0.895 bits per heavy atom. The summed E-state index contributed by atoms with van der Waals surface area (Å²) in [4.78, 5) is 4.23. The molecule has 19 heavy (non-hydrogen) atoms. The fourth-order valence-corrected chi connectivity index (χ4v) is 1.66. The van der Waals surface area contributed by atoms with E-state index in [2.05, 4.69) is 10.1 Å². The highest BCUT2D eigenvalue weighted by Gasteiger charge is 2.10. The van der Waals surface area contributed by atoms with E-state index in [0.717, 1.165) is 0 Å². The van der Waals surface area contributed by atoms with Gasteiger partial charge in [0.2, 0.25) is 5.82 Å². The second kappa shape index (κ2) is 4.53. The van der Waals surface area contributed by atoms with Crippen LogP contribution in [0.4, 0.5) is 4.39 Å². The maximum absolute atomic E-state index is 12.8. The van der Waals surface area contributed by atoms with Crippen LogP contribution < -0.4 is 0 Å². The SMILES string of the molecule is Oc1ccc(-c2nc(-c3ccc(F)cc3)no2)cc1. The van der Waals surface area contributed by atoms with Gasteiger partial charge >= 0.3 is 0 Å². The van der Waals surface area contributed by atoms with Gasteiger partial charge in [-0.15, -0.1) is 0 Å². The zero-order valence-corrected chi connectivity index (χ0v) is 9.75. The second-order valence-corrected chi connectivity index (χ2v) is 3.98. The second-order valence-electron chi connectivity index (χ2n) is 3.98. The summed E-state index contributed by atoms with van der Waals surface area (Å²) in [6.07, 6.45) is 0. The normalized spacial score (nSPS) is 10.6. The zero-order valence-electron chi connectivity index (χ0n) is 9.75. The predicted molar refractivity (Wildman–Crippen MR) is 66.8 cm³/mol. The van der Waals surface area contributed by atoms with E-state index < -0.39 is 0 Å². The molecule has 0 radical (unpaired) electrons. The fraction of sp³-hybridized carbons (Fsp3) is 0. The molecule has 0 saturated carbocycles. The predicted octanol–water partition coefficient (Wildman–Crippen LogP) is 3.25. The molecule has 0 bridgehead atoms. The largest absolute Gasteiger partial charge is 0.508 e. The lowest BCUT2D eigenvalue weighted by Crippen LogP contribution is -1.82. The molecular weight excluding hydrogens is 247 g/mol. The Hall–Kier alpha value is -2.69. The molecule has 5 heteroatoms. The van der Waals surface area contributed by atoms with E-state index in [1.807, 2.05) is 0 Å². The molecule has 3 aromatic rings. The monoisotopic (exact) mass is 256 g/mol. The van der Waals surface area contributed by atoms with Gasteiger partial charge in [-0.05, 0) is 48.5 Å². The van der Waals surface area contributed by atoms with Crippen LogP contribution in [0.15, 0.2) is 53.1 Å². The van der Waals surface area contributed by atoms with Gasteiger partial charge in [-0.2, -0.15) is 4.98 Å². The molecular formula is C14H9FN2O2. The highest BCUT2D eigenvalue weighted by Crippen LogP contribution is 2.23. The van der Waals surface area contributed by atoms with Crippen LogP contribution in [-0.4, -0.2) is 15.2 Å². The van der Waals surface area contributed by atoms with E-state index in [-0.39, 0.29) is 11.6 Å². The molecule has 4 nitrogen and oxygen atoms in total. The Morgan fingerprint density at radius 3 is 2.21 bits per heavy atom. The van der Waals surface area contributed by atoms with Crippen molar-refractivity contribution in [2.45, 2.75) is 0 Å². The Kier molecular flexibility index (Phi) is 2.72. The van der Waals surface area contributed by atoms with Crippen LogP contribution in [0.1, 0.15) is 0 Å². The Labute approximate surface area is 108 Å². The van der Waals surface area contributed by atoms with Gasteiger partial charge in [-0.3, -0.25) is 0 Å². The topological polar surface area (TPSA) is 59.2 Å². The van der Waals surface area contributed by atoms with Crippen molar-refractivity contribution >= 4 is 0 Å². The van der Waals surface area contributed by atoms with Crippen molar-refractivity contribution in [3.63, 3.8) is 0 Å². The van der Waals surface area contributed by atoms with Crippen LogP contribution in [0.25, 0.3) is 22.8 Å². The van der Waals surface area contributed by atoms with Crippen molar-refractivity contribution < 1.29 is 14.0 Å². The van der Waals surface area contributed by atoms with E-state index in [1.54, 1.807) is 24.3 Å². The minimum Gasteiger partial charge on any atom is -0.508 e. The van der Waals surface area contributed by atoms with Gasteiger partial charge in [0.25, 0.3) is 5.89 Å². The minimum atomic E-state index is -0.314. The average Bonchev–Trinajstić information content (AvgIpc) is 2.90. The molecule has 94 valence electrons. The summed E-state index contributed by atoms with van der Waals surface area (Å²) in [6.45, 7) is 0. The number of aromatic nitrogens is 2. The lowest BCUT2D eigenvalue weighted by molar-refractivity contribution is 0.432. The van der Waals surface area contributed by atoms with Crippen molar-refractivity contribution in [2.24, 2.45) is 0 Å². The molecule has 0 atom stereocenters. The summed E-state index contributed by atoms with van der Waals surface area (Å²) >= 11 is 0. The van der Waals surface area contributed by atoms with Crippen LogP contribution in [0.3, 0.4) is 0 Å². The first kappa shape index (κ1) is 11.4. The van der Waals surface area contributed by atoms with Crippen molar-refractivity contribution in [1.82, 2.24) is 10.1 Å². The molecule has 0 aliphatic heterocycles. The molecule has 1 heterocycles. The average molecular weight is 256 g/mol. The summed E-state index contributed by atoms with van der Waals surface area (Å²) in [5, 5.41) is 13.1. The molecule has 1 aromatic heterocycles. The van der Waals surface area contributed by atoms with E-state index in [1.165, 1.54) is 24.3 Å². The highest BCUT2D eigenvalue weighted by molar-refractivity contribution is 5.60. The van der Waals surface area contributed by atoms with Crippen LogP contribution >= 0.6 is 0 Å². The number of hydrogen-bond donors (Lipinski definition) is 1. The van der Waals surface area contributed by atoms with Gasteiger partial charge in [-0.25, -0.2) is 4.39 Å². The summed E-state index contributed by atoms with van der Waals surface area (Å²) in [6, 6.07) is 12.3. The molecule has 0 amide bonds. The molecule has 0 unspecified atom stereocenters. The summed E-state index contributed by atoms with van der Waals surface area (Å²) in [5.41, 5.74) is 1.38. The molecule has 0 aliphatic rings. The highest BCUT2D eigenvalue weighted by atomic mass is 19.1. The van der Waals surface area contributed by atoms with Crippen molar-refractivity contribution in [3.05, 3.63) is 54.3 Å². The molecule has 3 rings (SSSR count). The summed E-state index contributed by atoms with van der Waals surface area (Å²) in [5.74, 6) is 0.593. The first-order valence-electron chi connectivity index (χ1n) is 5.61. The Bertz CT molecular complexity index is 630. The van der Waals surface area contributed by atoms with Gasteiger partial charge in [0.05, 0.1) is 0 Å². The van der Waals surface area contributed by atoms with Gasteiger partial charge in [-0.1, -0.05) is 5.16 Å². The lowest BCUT2D eigenvalue weighted by atomic mass is 10.2. The van der Waals surface area contributed by atoms with Crippen LogP contribution in [0, 0.1) is 5.82 Å². The molecule has 0 spiro atoms. The number of halogens is 1. The van der Waals surface area contributed by atoms with E-state index >= 15 is 0 Å². The van der Waals surface area contributed by atoms with Crippen molar-refractivity contribution in [1.29, 1.82) is 0 Å². The third-order valence-corrected chi connectivity index (χ3v) is 2.64. The maximum Gasteiger partial charge on any atom is 0.258 e. The summed E-state index contributed by atoms with van der Waals surface area (Å²) < 4.78 is 18.0. The number of hydrogen-bond acceptors (Lipinski definition) is 4. The summed E-state index contributed by atoms with van der Waals surface area (Å²) in [7, 11) is 0. The standard InChI is InChI=1S/C14H9FN2O2/c15-11-5-1-9(2-6-11)13-16-14(19-17-13)10-3-7-12(18)8-4-10/h1-8,18H. The quantitative estimate of drug-likeness (QED) is 0.764. The number of nitrogens with zero attached hydrogens (tertiary/aromatic N) is 2. The first-order valence-corrected chi connectivity index (χ1v) is 5.61. The lowest BCUT2D eigenvalue weighted by Gasteiger charge is -1.94. The van der Waals surface area contributed by atoms with E-state index in [9.17, 15) is 9.50 Å². The maximum atomic E-state index is 12.8. The van der Waals surface area contributed by atoms with Gasteiger partial charge in [0, 0.05) is 11.1 Å². The van der Waals surface area contributed by atoms with E-state index in [0.29, 0.717) is 22.8 Å². The molecule has 0 saturated heterocycles. The van der Waals surface area contributed by atoms with Gasteiger partial charge in [0.1, 0.15) is 11.6 Å². The van der Waals surface area contributed by atoms with Gasteiger partial charge < -0.3 is 9.63 Å². The Balaban J connectivity index is 1.95.